The predicted molar refractivity (Wildman–Crippen MR) is 141 cm³/mol. The van der Waals surface area contributed by atoms with E-state index in [4.69, 9.17) is 28.8 Å². The highest BCUT2D eigenvalue weighted by molar-refractivity contribution is 6.34. The zero-order valence-electron chi connectivity index (χ0n) is 20.3. The summed E-state index contributed by atoms with van der Waals surface area (Å²) in [5, 5.41) is 16.1. The lowest BCUT2D eigenvalue weighted by molar-refractivity contribution is -0.384. The highest BCUT2D eigenvalue weighted by atomic mass is 35.5. The lowest BCUT2D eigenvalue weighted by Crippen LogP contribution is -2.52. The summed E-state index contributed by atoms with van der Waals surface area (Å²) >= 11 is 6.10. The third kappa shape index (κ3) is 9.42. The van der Waals surface area contributed by atoms with E-state index in [1.54, 1.807) is 0 Å². The third-order valence-corrected chi connectivity index (χ3v) is 5.81. The van der Waals surface area contributed by atoms with Crippen molar-refractivity contribution in [3.8, 4) is 0 Å². The lowest BCUT2D eigenvalue weighted by atomic mass is 10.0. The number of non-ortho nitro benzene ring substituents is 1. The monoisotopic (exact) mass is 533 g/mol. The molecule has 0 saturated heterocycles. The second kappa shape index (κ2) is 14.9. The average molecular weight is 534 g/mol. The van der Waals surface area contributed by atoms with Gasteiger partial charge in [0.15, 0.2) is 0 Å². The van der Waals surface area contributed by atoms with Crippen molar-refractivity contribution in [2.45, 2.75) is 31.3 Å². The molecule has 12 nitrogen and oxygen atoms in total. The van der Waals surface area contributed by atoms with Crippen molar-refractivity contribution < 1.29 is 19.3 Å². The molecule has 13 heteroatoms. The number of hydrogen-bond donors (Lipinski definition) is 5. The summed E-state index contributed by atoms with van der Waals surface area (Å²) in [7, 11) is 0. The van der Waals surface area contributed by atoms with E-state index in [-0.39, 0.29) is 61.3 Å². The molecule has 2 aromatic carbocycles. The van der Waals surface area contributed by atoms with Crippen molar-refractivity contribution in [1.29, 1.82) is 0 Å². The number of nitrogens with zero attached hydrogens (tertiary/aromatic N) is 2. The number of nitro groups is 1. The number of carbonyl (C=O) groups is 3. The fourth-order valence-corrected chi connectivity index (χ4v) is 3.75. The molecule has 0 fully saturated rings. The van der Waals surface area contributed by atoms with Gasteiger partial charge in [-0.25, -0.2) is 0 Å². The number of carbonyl (C=O) groups excluding carboxylic acids is 3. The van der Waals surface area contributed by atoms with E-state index in [0.29, 0.717) is 6.42 Å². The van der Waals surface area contributed by atoms with Gasteiger partial charge < -0.3 is 32.7 Å². The van der Waals surface area contributed by atoms with Crippen LogP contribution in [0.3, 0.4) is 0 Å². The maximum absolute atomic E-state index is 13.1. The van der Waals surface area contributed by atoms with Gasteiger partial charge >= 0.3 is 0 Å². The first kappa shape index (κ1) is 29.6. The molecule has 0 radical (unpaired) electrons. The minimum atomic E-state index is -1.21. The number of benzene rings is 2. The Hall–Kier alpha value is -3.58. The number of nitrogens with one attached hydrogen (secondary N) is 2. The summed E-state index contributed by atoms with van der Waals surface area (Å²) < 4.78 is 0. The maximum Gasteiger partial charge on any atom is 0.271 e. The first-order valence-electron chi connectivity index (χ1n) is 11.7. The Labute approximate surface area is 219 Å². The molecule has 0 aliphatic carbocycles. The van der Waals surface area contributed by atoms with Crippen molar-refractivity contribution in [1.82, 2.24) is 10.2 Å². The van der Waals surface area contributed by atoms with Gasteiger partial charge in [0.25, 0.3) is 5.69 Å². The number of nitro benzene ring substituents is 1. The molecule has 0 bridgehead atoms. The van der Waals surface area contributed by atoms with Crippen LogP contribution < -0.4 is 27.8 Å². The molecule has 0 aliphatic rings. The Morgan fingerprint density at radius 3 is 2.24 bits per heavy atom. The number of aryl methyl sites for hydroxylation is 1. The standard InChI is InChI=1S/C24H32ClN7O5/c25-18-14-17(32(36)37)7-9-20(18)29-24(35)21(8-6-16-4-2-1-3-5-16)30-23(34)19(28)15-22(33)31(12-10-26)13-11-27/h1-5,7,9,14,19,21H,6,8,10-13,15,26-28H2,(H,29,35)(H,30,34). The van der Waals surface area contributed by atoms with Gasteiger partial charge in [-0.05, 0) is 24.5 Å². The molecule has 0 aromatic heterocycles. The van der Waals surface area contributed by atoms with Crippen molar-refractivity contribution in [3.63, 3.8) is 0 Å². The van der Waals surface area contributed by atoms with E-state index in [2.05, 4.69) is 10.6 Å². The molecule has 200 valence electrons. The van der Waals surface area contributed by atoms with Crippen LogP contribution in [-0.4, -0.2) is 65.8 Å². The van der Waals surface area contributed by atoms with Crippen LogP contribution in [-0.2, 0) is 20.8 Å². The van der Waals surface area contributed by atoms with Crippen molar-refractivity contribution in [2.75, 3.05) is 31.5 Å². The summed E-state index contributed by atoms with van der Waals surface area (Å²) in [4.78, 5) is 50.3. The number of nitrogens with two attached hydrogens (primary N) is 3. The summed E-state index contributed by atoms with van der Waals surface area (Å²) in [6.07, 6.45) is 0.397. The highest BCUT2D eigenvalue weighted by Crippen LogP contribution is 2.27. The first-order chi connectivity index (χ1) is 17.7. The van der Waals surface area contributed by atoms with Crippen molar-refractivity contribution in [3.05, 3.63) is 69.2 Å². The van der Waals surface area contributed by atoms with Gasteiger partial charge in [0.2, 0.25) is 17.7 Å². The SMILES string of the molecule is NCCN(CCN)C(=O)CC(N)C(=O)NC(CCc1ccccc1)C(=O)Nc1ccc([N+](=O)[O-])cc1Cl. The Morgan fingerprint density at radius 2 is 1.68 bits per heavy atom. The Kier molecular flexibility index (Phi) is 11.9. The van der Waals surface area contributed by atoms with Gasteiger partial charge in [-0.15, -0.1) is 0 Å². The van der Waals surface area contributed by atoms with Crippen LogP contribution in [0.4, 0.5) is 11.4 Å². The van der Waals surface area contributed by atoms with Gasteiger partial charge in [0.1, 0.15) is 6.04 Å². The summed E-state index contributed by atoms with van der Waals surface area (Å²) in [5.41, 5.74) is 17.9. The quantitative estimate of drug-likeness (QED) is 0.173. The average Bonchev–Trinajstić information content (AvgIpc) is 2.87. The van der Waals surface area contributed by atoms with Crippen LogP contribution in [0.1, 0.15) is 18.4 Å². The molecule has 0 aliphatic heterocycles. The normalized spacial score (nSPS) is 12.3. The molecule has 37 heavy (non-hydrogen) atoms. The van der Waals surface area contributed by atoms with Gasteiger partial charge in [0.05, 0.1) is 28.1 Å². The Bertz CT molecular complexity index is 1080. The van der Waals surface area contributed by atoms with E-state index in [9.17, 15) is 24.5 Å². The second-order valence-corrected chi connectivity index (χ2v) is 8.67. The van der Waals surface area contributed by atoms with Crippen LogP contribution in [0.2, 0.25) is 5.02 Å². The van der Waals surface area contributed by atoms with E-state index < -0.39 is 28.8 Å². The predicted octanol–water partition coefficient (Wildman–Crippen LogP) is 0.768. The van der Waals surface area contributed by atoms with Gasteiger partial charge in [-0.1, -0.05) is 41.9 Å². The van der Waals surface area contributed by atoms with Gasteiger partial charge in [-0.2, -0.15) is 0 Å². The third-order valence-electron chi connectivity index (χ3n) is 5.50. The van der Waals surface area contributed by atoms with Gasteiger partial charge in [-0.3, -0.25) is 24.5 Å². The molecule has 2 unspecified atom stereocenters. The molecular formula is C24H32ClN7O5. The van der Waals surface area contributed by atoms with Crippen LogP contribution in [0, 0.1) is 10.1 Å². The zero-order chi connectivity index (χ0) is 27.4. The number of halogens is 1. The van der Waals surface area contributed by atoms with Crippen LogP contribution in [0.25, 0.3) is 0 Å². The van der Waals surface area contributed by atoms with E-state index in [0.717, 1.165) is 11.6 Å². The van der Waals surface area contributed by atoms with Crippen LogP contribution >= 0.6 is 11.6 Å². The molecular weight excluding hydrogens is 502 g/mol. The minimum Gasteiger partial charge on any atom is -0.343 e. The van der Waals surface area contributed by atoms with E-state index >= 15 is 0 Å². The molecule has 0 saturated carbocycles. The largest absolute Gasteiger partial charge is 0.343 e. The summed E-state index contributed by atoms with van der Waals surface area (Å²) in [6, 6.07) is 10.7. The van der Waals surface area contributed by atoms with E-state index in [1.807, 2.05) is 30.3 Å². The Balaban J connectivity index is 2.13. The number of anilines is 1. The molecule has 0 spiro atoms. The molecule has 2 aromatic rings. The molecule has 8 N–H and O–H groups in total. The van der Waals surface area contributed by atoms with E-state index in [1.165, 1.54) is 17.0 Å². The molecule has 3 amide bonds. The fraction of sp³-hybridized carbons (Fsp3) is 0.375. The fourth-order valence-electron chi connectivity index (χ4n) is 3.52. The molecule has 0 heterocycles. The van der Waals surface area contributed by atoms with Gasteiger partial charge in [0, 0.05) is 38.3 Å². The second-order valence-electron chi connectivity index (χ2n) is 8.26. The van der Waals surface area contributed by atoms with Crippen molar-refractivity contribution >= 4 is 40.7 Å². The zero-order valence-corrected chi connectivity index (χ0v) is 21.0. The summed E-state index contributed by atoms with van der Waals surface area (Å²) in [5.74, 6) is -1.65. The smallest absolute Gasteiger partial charge is 0.271 e. The van der Waals surface area contributed by atoms with Crippen LogP contribution in [0.5, 0.6) is 0 Å². The topological polar surface area (TPSA) is 200 Å². The Morgan fingerprint density at radius 1 is 1.03 bits per heavy atom. The number of amides is 3. The lowest BCUT2D eigenvalue weighted by Gasteiger charge is -2.24. The molecule has 2 atom stereocenters. The first-order valence-corrected chi connectivity index (χ1v) is 12.1. The minimum absolute atomic E-state index is 0.0297. The van der Waals surface area contributed by atoms with Crippen LogP contribution in [0.15, 0.2) is 48.5 Å². The number of rotatable bonds is 14. The molecule has 2 rings (SSSR count). The number of hydrogen-bond acceptors (Lipinski definition) is 8. The van der Waals surface area contributed by atoms with Crippen molar-refractivity contribution in [2.24, 2.45) is 17.2 Å². The summed E-state index contributed by atoms with van der Waals surface area (Å²) in [6.45, 7) is 1.03. The highest BCUT2D eigenvalue weighted by Gasteiger charge is 2.27. The maximum atomic E-state index is 13.1.